The second kappa shape index (κ2) is 6.66. The summed E-state index contributed by atoms with van der Waals surface area (Å²) in [6, 6.07) is 13.1. The van der Waals surface area contributed by atoms with Gasteiger partial charge in [-0.3, -0.25) is 14.4 Å². The number of esters is 1. The van der Waals surface area contributed by atoms with E-state index in [2.05, 4.69) is 0 Å². The molecule has 122 valence electrons. The number of unbranched alkanes of at least 4 members (excludes halogenated alkanes) is 1. The van der Waals surface area contributed by atoms with Gasteiger partial charge in [-0.15, -0.1) is 0 Å². The van der Waals surface area contributed by atoms with Crippen LogP contribution in [0.25, 0.3) is 0 Å². The molecule has 2 aromatic rings. The van der Waals surface area contributed by atoms with Crippen LogP contribution in [0.15, 0.2) is 48.5 Å². The lowest BCUT2D eigenvalue weighted by molar-refractivity contribution is -0.134. The van der Waals surface area contributed by atoms with Gasteiger partial charge in [-0.1, -0.05) is 25.5 Å². The van der Waals surface area contributed by atoms with Crippen molar-refractivity contribution in [2.45, 2.75) is 26.2 Å². The zero-order valence-electron chi connectivity index (χ0n) is 13.3. The van der Waals surface area contributed by atoms with Crippen LogP contribution in [0.3, 0.4) is 0 Å². The molecular formula is C19H17NO4. The molecule has 0 aromatic heterocycles. The Labute approximate surface area is 139 Å². The van der Waals surface area contributed by atoms with Crippen molar-refractivity contribution < 1.29 is 19.1 Å². The summed E-state index contributed by atoms with van der Waals surface area (Å²) < 4.78 is 5.22. The van der Waals surface area contributed by atoms with Crippen molar-refractivity contribution in [2.24, 2.45) is 0 Å². The van der Waals surface area contributed by atoms with Gasteiger partial charge in [0.15, 0.2) is 0 Å². The highest BCUT2D eigenvalue weighted by Gasteiger charge is 2.36. The van der Waals surface area contributed by atoms with Crippen LogP contribution in [-0.4, -0.2) is 17.8 Å². The maximum Gasteiger partial charge on any atom is 0.311 e. The zero-order chi connectivity index (χ0) is 17.1. The number of carbonyl (C=O) groups excluding carboxylic acids is 3. The van der Waals surface area contributed by atoms with Crippen LogP contribution in [0.4, 0.5) is 5.69 Å². The number of ether oxygens (including phenoxy) is 1. The molecule has 0 unspecified atom stereocenters. The van der Waals surface area contributed by atoms with Gasteiger partial charge >= 0.3 is 5.97 Å². The first-order valence-electron chi connectivity index (χ1n) is 7.90. The average Bonchev–Trinajstić information content (AvgIpc) is 2.85. The number of carbonyl (C=O) groups is 3. The van der Waals surface area contributed by atoms with Gasteiger partial charge in [0, 0.05) is 6.42 Å². The fourth-order valence-electron chi connectivity index (χ4n) is 2.59. The van der Waals surface area contributed by atoms with E-state index in [1.165, 1.54) is 0 Å². The maximum atomic E-state index is 12.4. The second-order valence-corrected chi connectivity index (χ2v) is 5.56. The minimum Gasteiger partial charge on any atom is -0.427 e. The Kier molecular flexibility index (Phi) is 4.42. The number of anilines is 1. The number of nitrogens with zero attached hydrogens (tertiary/aromatic N) is 1. The first kappa shape index (κ1) is 15.9. The topological polar surface area (TPSA) is 63.7 Å². The molecule has 0 spiro atoms. The molecule has 1 aliphatic heterocycles. The van der Waals surface area contributed by atoms with Crippen molar-refractivity contribution in [1.82, 2.24) is 0 Å². The largest absolute Gasteiger partial charge is 0.427 e. The summed E-state index contributed by atoms with van der Waals surface area (Å²) in [5, 5.41) is 0. The van der Waals surface area contributed by atoms with Crippen LogP contribution in [0.1, 0.15) is 46.9 Å². The predicted molar refractivity (Wildman–Crippen MR) is 89.2 cm³/mol. The highest BCUT2D eigenvalue weighted by Crippen LogP contribution is 2.29. The van der Waals surface area contributed by atoms with Gasteiger partial charge in [-0.25, -0.2) is 4.90 Å². The Morgan fingerprint density at radius 2 is 1.54 bits per heavy atom. The molecule has 0 atom stereocenters. The molecule has 3 rings (SSSR count). The number of hydrogen-bond acceptors (Lipinski definition) is 4. The van der Waals surface area contributed by atoms with Gasteiger partial charge in [0.25, 0.3) is 11.8 Å². The SMILES string of the molecule is CCCCC(=O)Oc1ccc(N2C(=O)c3ccccc3C2=O)cc1. The molecule has 2 amide bonds. The predicted octanol–water partition coefficient (Wildman–Crippen LogP) is 3.58. The van der Waals surface area contributed by atoms with Crippen molar-refractivity contribution in [3.05, 3.63) is 59.7 Å². The fraction of sp³-hybridized carbons (Fsp3) is 0.211. The molecule has 5 nitrogen and oxygen atoms in total. The summed E-state index contributed by atoms with van der Waals surface area (Å²) in [4.78, 5) is 37.6. The van der Waals surface area contributed by atoms with E-state index in [1.807, 2.05) is 6.92 Å². The van der Waals surface area contributed by atoms with Gasteiger partial charge in [-0.05, 0) is 42.8 Å². The number of imide groups is 1. The molecule has 2 aromatic carbocycles. The molecular weight excluding hydrogens is 306 g/mol. The monoisotopic (exact) mass is 323 g/mol. The number of amides is 2. The molecule has 24 heavy (non-hydrogen) atoms. The number of benzene rings is 2. The molecule has 1 heterocycles. The van der Waals surface area contributed by atoms with E-state index >= 15 is 0 Å². The average molecular weight is 323 g/mol. The molecule has 0 radical (unpaired) electrons. The Morgan fingerprint density at radius 1 is 0.958 bits per heavy atom. The Hall–Kier alpha value is -2.95. The first-order valence-corrected chi connectivity index (χ1v) is 7.90. The van der Waals surface area contributed by atoms with Crippen molar-refractivity contribution >= 4 is 23.5 Å². The highest BCUT2D eigenvalue weighted by atomic mass is 16.5. The van der Waals surface area contributed by atoms with E-state index in [1.54, 1.807) is 48.5 Å². The van der Waals surface area contributed by atoms with Crippen LogP contribution in [-0.2, 0) is 4.79 Å². The third-order valence-corrected chi connectivity index (χ3v) is 3.86. The number of rotatable bonds is 5. The summed E-state index contributed by atoms with van der Waals surface area (Å²) in [5.41, 5.74) is 1.25. The van der Waals surface area contributed by atoms with Gasteiger partial charge in [0.05, 0.1) is 16.8 Å². The molecule has 0 bridgehead atoms. The van der Waals surface area contributed by atoms with Crippen molar-refractivity contribution in [1.29, 1.82) is 0 Å². The Morgan fingerprint density at radius 3 is 2.08 bits per heavy atom. The van der Waals surface area contributed by atoms with E-state index in [9.17, 15) is 14.4 Å². The Balaban J connectivity index is 1.76. The molecule has 5 heteroatoms. The quantitative estimate of drug-likeness (QED) is 0.479. The zero-order valence-corrected chi connectivity index (χ0v) is 13.3. The van der Waals surface area contributed by atoms with Crippen molar-refractivity contribution in [3.63, 3.8) is 0 Å². The third-order valence-electron chi connectivity index (χ3n) is 3.86. The maximum absolute atomic E-state index is 12.4. The lowest BCUT2D eigenvalue weighted by atomic mass is 10.1. The van der Waals surface area contributed by atoms with E-state index in [-0.39, 0.29) is 17.8 Å². The van der Waals surface area contributed by atoms with Gasteiger partial charge in [-0.2, -0.15) is 0 Å². The molecule has 0 saturated heterocycles. The van der Waals surface area contributed by atoms with E-state index < -0.39 is 0 Å². The summed E-state index contributed by atoms with van der Waals surface area (Å²) in [6.45, 7) is 2.00. The normalized spacial score (nSPS) is 13.1. The van der Waals surface area contributed by atoms with Crippen molar-refractivity contribution in [2.75, 3.05) is 4.90 Å². The minimum absolute atomic E-state index is 0.287. The smallest absolute Gasteiger partial charge is 0.311 e. The van der Waals surface area contributed by atoms with Crippen LogP contribution in [0, 0.1) is 0 Å². The fourth-order valence-corrected chi connectivity index (χ4v) is 2.59. The standard InChI is InChI=1S/C19H17NO4/c1-2-3-8-17(21)24-14-11-9-13(10-12-14)20-18(22)15-6-4-5-7-16(15)19(20)23/h4-7,9-12H,2-3,8H2,1H3. The molecule has 0 N–H and O–H groups in total. The second-order valence-electron chi connectivity index (χ2n) is 5.56. The lowest BCUT2D eigenvalue weighted by Crippen LogP contribution is -2.29. The van der Waals surface area contributed by atoms with Gasteiger partial charge in [0.2, 0.25) is 0 Å². The van der Waals surface area contributed by atoms with E-state index in [0.717, 1.165) is 17.7 Å². The summed E-state index contributed by atoms with van der Waals surface area (Å²) in [5.74, 6) is -0.576. The summed E-state index contributed by atoms with van der Waals surface area (Å²) in [6.07, 6.45) is 2.08. The lowest BCUT2D eigenvalue weighted by Gasteiger charge is -2.14. The van der Waals surface area contributed by atoms with Crippen molar-refractivity contribution in [3.8, 4) is 5.75 Å². The number of hydrogen-bond donors (Lipinski definition) is 0. The number of fused-ring (bicyclic) bond motifs is 1. The summed E-state index contributed by atoms with van der Waals surface area (Å²) in [7, 11) is 0. The molecule has 0 saturated carbocycles. The van der Waals surface area contributed by atoms with Gasteiger partial charge in [0.1, 0.15) is 5.75 Å². The first-order chi connectivity index (χ1) is 11.6. The van der Waals surface area contributed by atoms with Crippen LogP contribution in [0.2, 0.25) is 0 Å². The highest BCUT2D eigenvalue weighted by molar-refractivity contribution is 6.34. The van der Waals surface area contributed by atoms with Crippen LogP contribution < -0.4 is 9.64 Å². The summed E-state index contributed by atoms with van der Waals surface area (Å²) >= 11 is 0. The third kappa shape index (κ3) is 2.93. The molecule has 0 aliphatic carbocycles. The van der Waals surface area contributed by atoms with E-state index in [0.29, 0.717) is 29.0 Å². The van der Waals surface area contributed by atoms with Crippen LogP contribution >= 0.6 is 0 Å². The Bertz CT molecular complexity index is 760. The molecule has 1 aliphatic rings. The van der Waals surface area contributed by atoms with Gasteiger partial charge < -0.3 is 4.74 Å². The minimum atomic E-state index is -0.344. The molecule has 0 fully saturated rings. The van der Waals surface area contributed by atoms with E-state index in [4.69, 9.17) is 4.74 Å². The van der Waals surface area contributed by atoms with Crippen LogP contribution in [0.5, 0.6) is 5.75 Å².